The average Bonchev–Trinajstić information content (AvgIpc) is 3.24. The minimum atomic E-state index is -0.671. The van der Waals surface area contributed by atoms with E-state index in [1.54, 1.807) is 30.3 Å². The number of nitrogens with zero attached hydrogens (tertiary/aromatic N) is 1. The van der Waals surface area contributed by atoms with Crippen LogP contribution in [0.5, 0.6) is 11.5 Å². The highest BCUT2D eigenvalue weighted by molar-refractivity contribution is 8.00. The number of aromatic nitrogens is 1. The number of hydrogen-bond acceptors (Lipinski definition) is 8. The monoisotopic (exact) mass is 459 g/mol. The maximum atomic E-state index is 12.4. The molecule has 2 amide bonds. The van der Waals surface area contributed by atoms with Gasteiger partial charge in [-0.05, 0) is 37.6 Å². The van der Waals surface area contributed by atoms with E-state index in [1.807, 2.05) is 13.8 Å². The van der Waals surface area contributed by atoms with Crippen molar-refractivity contribution in [3.8, 4) is 11.5 Å². The molecule has 32 heavy (non-hydrogen) atoms. The van der Waals surface area contributed by atoms with Gasteiger partial charge in [0.25, 0.3) is 5.91 Å². The third kappa shape index (κ3) is 6.61. The fourth-order valence-corrected chi connectivity index (χ4v) is 3.78. The van der Waals surface area contributed by atoms with Crippen LogP contribution in [0.3, 0.4) is 0 Å². The average molecular weight is 460 g/mol. The first-order valence-corrected chi connectivity index (χ1v) is 11.2. The maximum Gasteiger partial charge on any atom is 0.341 e. The van der Waals surface area contributed by atoms with Crippen LogP contribution >= 0.6 is 11.8 Å². The lowest BCUT2D eigenvalue weighted by atomic mass is 10.2. The van der Waals surface area contributed by atoms with Gasteiger partial charge in [-0.2, -0.15) is 0 Å². The first-order chi connectivity index (χ1) is 15.5. The van der Waals surface area contributed by atoms with Gasteiger partial charge in [0.2, 0.25) is 12.7 Å². The molecule has 1 aromatic heterocycles. The van der Waals surface area contributed by atoms with Crippen LogP contribution in [0.25, 0.3) is 0 Å². The minimum Gasteiger partial charge on any atom is -0.454 e. The zero-order valence-corrected chi connectivity index (χ0v) is 18.7. The predicted octanol–water partition coefficient (Wildman–Crippen LogP) is 3.00. The van der Waals surface area contributed by atoms with Crippen molar-refractivity contribution in [1.82, 2.24) is 10.3 Å². The molecule has 1 aromatic carbocycles. The number of thioether (sulfide) groups is 1. The van der Waals surface area contributed by atoms with Gasteiger partial charge in [-0.15, -0.1) is 0 Å². The van der Waals surface area contributed by atoms with E-state index in [4.69, 9.17) is 14.2 Å². The highest BCUT2D eigenvalue weighted by Crippen LogP contribution is 2.34. The summed E-state index contributed by atoms with van der Waals surface area (Å²) in [6.07, 6.45) is 3.31. The summed E-state index contributed by atoms with van der Waals surface area (Å²) in [6, 6.07) is 8.27. The molecule has 0 bridgehead atoms. The Morgan fingerprint density at radius 2 is 2.00 bits per heavy atom. The van der Waals surface area contributed by atoms with Crippen LogP contribution in [-0.2, 0) is 14.3 Å². The van der Waals surface area contributed by atoms with Crippen LogP contribution < -0.4 is 20.1 Å². The van der Waals surface area contributed by atoms with Crippen molar-refractivity contribution in [1.29, 1.82) is 0 Å². The Bertz CT molecular complexity index is 984. The van der Waals surface area contributed by atoms with E-state index in [2.05, 4.69) is 15.6 Å². The van der Waals surface area contributed by atoms with Gasteiger partial charge in [-0.25, -0.2) is 9.78 Å². The second-order valence-electron chi connectivity index (χ2n) is 7.09. The summed E-state index contributed by atoms with van der Waals surface area (Å²) in [6.45, 7) is 3.70. The highest BCUT2D eigenvalue weighted by atomic mass is 32.2. The lowest BCUT2D eigenvalue weighted by molar-refractivity contribution is -0.124. The fraction of sp³-hybridized carbons (Fsp3) is 0.364. The number of benzene rings is 1. The predicted molar refractivity (Wildman–Crippen MR) is 119 cm³/mol. The Morgan fingerprint density at radius 1 is 1.19 bits per heavy atom. The van der Waals surface area contributed by atoms with Gasteiger partial charge in [0.05, 0.1) is 11.3 Å². The molecule has 9 nitrogen and oxygen atoms in total. The normalized spacial score (nSPS) is 12.7. The molecule has 2 heterocycles. The lowest BCUT2D eigenvalue weighted by Gasteiger charge is -2.13. The van der Waals surface area contributed by atoms with Crippen molar-refractivity contribution in [3.05, 3.63) is 42.1 Å². The van der Waals surface area contributed by atoms with Gasteiger partial charge in [-0.1, -0.05) is 25.1 Å². The smallest absolute Gasteiger partial charge is 0.341 e. The summed E-state index contributed by atoms with van der Waals surface area (Å²) in [7, 11) is 0. The molecule has 170 valence electrons. The summed E-state index contributed by atoms with van der Waals surface area (Å²) in [5, 5.41) is 5.89. The first kappa shape index (κ1) is 23.4. The molecule has 0 saturated heterocycles. The summed E-state index contributed by atoms with van der Waals surface area (Å²) in [4.78, 5) is 40.9. The van der Waals surface area contributed by atoms with Gasteiger partial charge in [-0.3, -0.25) is 9.59 Å². The zero-order chi connectivity index (χ0) is 22.9. The van der Waals surface area contributed by atoms with E-state index >= 15 is 0 Å². The molecule has 1 aliphatic heterocycles. The second-order valence-corrected chi connectivity index (χ2v) is 8.06. The maximum absolute atomic E-state index is 12.4. The molecule has 0 spiro atoms. The topological polar surface area (TPSA) is 116 Å². The van der Waals surface area contributed by atoms with Crippen LogP contribution in [0.4, 0.5) is 5.69 Å². The molecule has 3 rings (SSSR count). The molecule has 0 radical (unpaired) electrons. The van der Waals surface area contributed by atoms with Crippen LogP contribution in [-0.4, -0.2) is 48.0 Å². The fourth-order valence-electron chi connectivity index (χ4n) is 3.00. The molecule has 2 N–H and O–H groups in total. The van der Waals surface area contributed by atoms with Crippen LogP contribution in [0, 0.1) is 0 Å². The number of pyridine rings is 1. The minimum absolute atomic E-state index is 0.0129. The van der Waals surface area contributed by atoms with Gasteiger partial charge >= 0.3 is 5.97 Å². The number of carbonyl (C=O) groups excluding carboxylic acids is 3. The third-order valence-electron chi connectivity index (χ3n) is 4.45. The van der Waals surface area contributed by atoms with Crippen molar-refractivity contribution in [2.45, 2.75) is 37.8 Å². The van der Waals surface area contributed by atoms with Crippen molar-refractivity contribution in [3.63, 3.8) is 0 Å². The first-order valence-electron chi connectivity index (χ1n) is 10.2. The molecule has 0 unspecified atom stereocenters. The van der Waals surface area contributed by atoms with Crippen LogP contribution in [0.15, 0.2) is 41.6 Å². The highest BCUT2D eigenvalue weighted by Gasteiger charge is 2.18. The Hall–Kier alpha value is -3.27. The number of rotatable bonds is 10. The Labute approximate surface area is 190 Å². The molecule has 0 aliphatic carbocycles. The number of anilines is 1. The van der Waals surface area contributed by atoms with Gasteiger partial charge < -0.3 is 24.8 Å². The van der Waals surface area contributed by atoms with Gasteiger partial charge in [0, 0.05) is 24.0 Å². The summed E-state index contributed by atoms with van der Waals surface area (Å²) < 4.78 is 15.7. The Morgan fingerprint density at radius 3 is 2.81 bits per heavy atom. The number of amides is 2. The van der Waals surface area contributed by atoms with Gasteiger partial charge in [0.1, 0.15) is 5.03 Å². The number of carbonyl (C=O) groups is 3. The van der Waals surface area contributed by atoms with Crippen LogP contribution in [0.1, 0.15) is 37.0 Å². The Kier molecular flexibility index (Phi) is 8.32. The quantitative estimate of drug-likeness (QED) is 0.412. The largest absolute Gasteiger partial charge is 0.454 e. The Balaban J connectivity index is 1.51. The third-order valence-corrected chi connectivity index (χ3v) is 5.46. The standard InChI is InChI=1S/C22H25N3O6S/c1-3-5-14(2)24-19(26)11-29-22(28)16-6-4-9-23-21(16)32-12-20(27)25-15-7-8-17-18(10-15)31-13-30-17/h4,6-10,14H,3,5,11-13H2,1-2H3,(H,24,26)(H,25,27)/t14-/m1/s1. The van der Waals surface area contributed by atoms with Crippen LogP contribution in [0.2, 0.25) is 0 Å². The van der Waals surface area contributed by atoms with E-state index in [1.165, 1.54) is 6.20 Å². The zero-order valence-electron chi connectivity index (χ0n) is 17.9. The second kappa shape index (κ2) is 11.4. The number of nitrogens with one attached hydrogen (secondary N) is 2. The summed E-state index contributed by atoms with van der Waals surface area (Å²) in [5.74, 6) is -0.0830. The SMILES string of the molecule is CCC[C@@H](C)NC(=O)COC(=O)c1cccnc1SCC(=O)Nc1ccc2c(c1)OCO2. The number of fused-ring (bicyclic) bond motifs is 1. The van der Waals surface area contributed by atoms with Crippen molar-refractivity contribution >= 4 is 35.2 Å². The molecule has 10 heteroatoms. The van der Waals surface area contributed by atoms with E-state index in [0.29, 0.717) is 22.2 Å². The van der Waals surface area contributed by atoms with Gasteiger partial charge in [0.15, 0.2) is 18.1 Å². The van der Waals surface area contributed by atoms with E-state index in [-0.39, 0.29) is 42.6 Å². The molecule has 2 aromatic rings. The molecule has 1 aliphatic rings. The summed E-state index contributed by atoms with van der Waals surface area (Å²) in [5.41, 5.74) is 0.770. The van der Waals surface area contributed by atoms with E-state index < -0.39 is 5.97 Å². The molecule has 1 atom stereocenters. The molecular weight excluding hydrogens is 434 g/mol. The molecule has 0 saturated carbocycles. The lowest BCUT2D eigenvalue weighted by Crippen LogP contribution is -2.35. The number of esters is 1. The molecule has 0 fully saturated rings. The van der Waals surface area contributed by atoms with E-state index in [0.717, 1.165) is 24.6 Å². The number of ether oxygens (including phenoxy) is 3. The van der Waals surface area contributed by atoms with Crippen molar-refractivity contribution in [2.75, 3.05) is 24.5 Å². The van der Waals surface area contributed by atoms with E-state index in [9.17, 15) is 14.4 Å². The number of hydrogen-bond donors (Lipinski definition) is 2. The molecular formula is C22H25N3O6S. The summed E-state index contributed by atoms with van der Waals surface area (Å²) >= 11 is 1.10. The van der Waals surface area contributed by atoms with Crippen molar-refractivity contribution in [2.24, 2.45) is 0 Å². The van der Waals surface area contributed by atoms with Crippen molar-refractivity contribution < 1.29 is 28.6 Å².